The summed E-state index contributed by atoms with van der Waals surface area (Å²) in [6.07, 6.45) is 0. The van der Waals surface area contributed by atoms with Crippen LogP contribution in [0.5, 0.6) is 0 Å². The van der Waals surface area contributed by atoms with Gasteiger partial charge >= 0.3 is 5.76 Å². The van der Waals surface area contributed by atoms with Crippen LogP contribution >= 0.6 is 11.6 Å². The van der Waals surface area contributed by atoms with Crippen molar-refractivity contribution in [3.63, 3.8) is 0 Å². The normalized spacial score (nSPS) is 10.9. The minimum atomic E-state index is -4.74. The number of nitrogens with two attached hydrogens (primary N) is 1. The monoisotopic (exact) mass is 294 g/mol. The predicted molar refractivity (Wildman–Crippen MR) is 65.9 cm³/mol. The topological polar surface area (TPSA) is 72.2 Å². The van der Waals surface area contributed by atoms with Gasteiger partial charge in [-0.05, 0) is 18.2 Å². The van der Waals surface area contributed by atoms with Crippen LogP contribution in [0.2, 0.25) is 5.02 Å². The average Bonchev–Trinajstić information content (AvgIpc) is 2.29. The van der Waals surface area contributed by atoms with Crippen LogP contribution in [0.1, 0.15) is 5.56 Å². The summed E-state index contributed by atoms with van der Waals surface area (Å²) in [5, 5.41) is 0.302. The third-order valence-electron chi connectivity index (χ3n) is 1.79. The van der Waals surface area contributed by atoms with E-state index in [1.54, 1.807) is 4.72 Å². The summed E-state index contributed by atoms with van der Waals surface area (Å²) in [6, 6.07) is 3.97. The molecule has 0 amide bonds. The van der Waals surface area contributed by atoms with E-state index in [2.05, 4.69) is 11.8 Å². The van der Waals surface area contributed by atoms with Gasteiger partial charge in [-0.2, -0.15) is 8.78 Å². The zero-order chi connectivity index (χ0) is 13.8. The Morgan fingerprint density at radius 1 is 1.44 bits per heavy atom. The van der Waals surface area contributed by atoms with Crippen molar-refractivity contribution in [1.29, 1.82) is 0 Å². The molecule has 0 aliphatic carbocycles. The SMILES string of the molecule is NCC#Cc1cc(Cl)ccc1NS(=O)(=O)C(F)F. The second-order valence-corrected chi connectivity index (χ2v) is 5.19. The number of sulfonamides is 1. The van der Waals surface area contributed by atoms with Gasteiger partial charge in [0.15, 0.2) is 0 Å². The molecule has 1 rings (SSSR count). The van der Waals surface area contributed by atoms with Crippen LogP contribution in [0, 0.1) is 11.8 Å². The van der Waals surface area contributed by atoms with Crippen LogP contribution in [-0.4, -0.2) is 20.7 Å². The quantitative estimate of drug-likeness (QED) is 0.832. The Labute approximate surface area is 108 Å². The molecule has 0 unspecified atom stereocenters. The average molecular weight is 295 g/mol. The van der Waals surface area contributed by atoms with Crippen molar-refractivity contribution in [2.24, 2.45) is 5.73 Å². The molecule has 4 nitrogen and oxygen atoms in total. The lowest BCUT2D eigenvalue weighted by molar-refractivity contribution is 0.236. The molecule has 98 valence electrons. The van der Waals surface area contributed by atoms with E-state index in [1.807, 2.05) is 0 Å². The van der Waals surface area contributed by atoms with E-state index in [0.717, 1.165) is 0 Å². The van der Waals surface area contributed by atoms with Gasteiger partial charge in [0.25, 0.3) is 10.0 Å². The highest BCUT2D eigenvalue weighted by atomic mass is 35.5. The van der Waals surface area contributed by atoms with Crippen LogP contribution in [0.15, 0.2) is 18.2 Å². The van der Waals surface area contributed by atoms with Crippen LogP contribution < -0.4 is 10.5 Å². The van der Waals surface area contributed by atoms with Gasteiger partial charge in [0.1, 0.15) is 0 Å². The Balaban J connectivity index is 3.17. The zero-order valence-electron chi connectivity index (χ0n) is 8.95. The maximum atomic E-state index is 12.2. The van der Waals surface area contributed by atoms with Gasteiger partial charge in [0.2, 0.25) is 0 Å². The third kappa shape index (κ3) is 3.84. The zero-order valence-corrected chi connectivity index (χ0v) is 10.5. The van der Waals surface area contributed by atoms with Gasteiger partial charge in [-0.15, -0.1) is 0 Å². The minimum Gasteiger partial charge on any atom is -0.320 e. The lowest BCUT2D eigenvalue weighted by Crippen LogP contribution is -2.21. The molecule has 0 aliphatic rings. The van der Waals surface area contributed by atoms with Crippen molar-refractivity contribution >= 4 is 27.3 Å². The minimum absolute atomic E-state index is 0.0492. The second kappa shape index (κ2) is 6.00. The summed E-state index contributed by atoms with van der Waals surface area (Å²) < 4.78 is 48.3. The number of halogens is 3. The van der Waals surface area contributed by atoms with Gasteiger partial charge in [-0.3, -0.25) is 4.72 Å². The van der Waals surface area contributed by atoms with E-state index in [0.29, 0.717) is 5.02 Å². The Hall–Kier alpha value is -1.36. The maximum absolute atomic E-state index is 12.2. The van der Waals surface area contributed by atoms with Gasteiger partial charge in [-0.25, -0.2) is 8.42 Å². The highest BCUT2D eigenvalue weighted by Crippen LogP contribution is 2.22. The molecule has 8 heteroatoms. The van der Waals surface area contributed by atoms with Crippen LogP contribution in [0.3, 0.4) is 0 Å². The molecule has 0 radical (unpaired) electrons. The van der Waals surface area contributed by atoms with Crippen molar-refractivity contribution < 1.29 is 17.2 Å². The smallest absolute Gasteiger partial charge is 0.320 e. The molecule has 0 aromatic heterocycles. The highest BCUT2D eigenvalue weighted by Gasteiger charge is 2.24. The Kier molecular flexibility index (Phi) is 4.90. The molecule has 3 N–H and O–H groups in total. The van der Waals surface area contributed by atoms with Crippen LogP contribution in [-0.2, 0) is 10.0 Å². The van der Waals surface area contributed by atoms with Crippen molar-refractivity contribution in [2.75, 3.05) is 11.3 Å². The molecular weight excluding hydrogens is 286 g/mol. The van der Waals surface area contributed by atoms with Crippen LogP contribution in [0.25, 0.3) is 0 Å². The lowest BCUT2D eigenvalue weighted by atomic mass is 10.2. The standard InChI is InChI=1S/C10H9ClF2N2O2S/c11-8-3-4-9(7(6-8)2-1-5-14)15-18(16,17)10(12)13/h3-4,6,10,15H,5,14H2. The van der Waals surface area contributed by atoms with Crippen molar-refractivity contribution in [3.8, 4) is 11.8 Å². The number of nitrogens with one attached hydrogen (secondary N) is 1. The molecule has 0 fully saturated rings. The van der Waals surface area contributed by atoms with Crippen molar-refractivity contribution in [2.45, 2.75) is 5.76 Å². The fourth-order valence-electron chi connectivity index (χ4n) is 1.05. The summed E-state index contributed by atoms with van der Waals surface area (Å²) >= 11 is 5.71. The van der Waals surface area contributed by atoms with Crippen molar-refractivity contribution in [3.05, 3.63) is 28.8 Å². The number of benzene rings is 1. The summed E-state index contributed by atoms with van der Waals surface area (Å²) in [5.74, 6) is 1.50. The third-order valence-corrected chi connectivity index (χ3v) is 3.00. The number of rotatable bonds is 3. The van der Waals surface area contributed by atoms with E-state index in [4.69, 9.17) is 17.3 Å². The summed E-state index contributed by atoms with van der Waals surface area (Å²) in [4.78, 5) is 0. The van der Waals surface area contributed by atoms with E-state index in [9.17, 15) is 17.2 Å². The summed E-state index contributed by atoms with van der Waals surface area (Å²) in [7, 11) is -4.74. The van der Waals surface area contributed by atoms with Crippen molar-refractivity contribution in [1.82, 2.24) is 0 Å². The van der Waals surface area contributed by atoms with E-state index >= 15 is 0 Å². The van der Waals surface area contributed by atoms with Gasteiger partial charge in [-0.1, -0.05) is 23.4 Å². The predicted octanol–water partition coefficient (Wildman–Crippen LogP) is 1.61. The Morgan fingerprint density at radius 3 is 2.67 bits per heavy atom. The number of hydrogen-bond acceptors (Lipinski definition) is 3. The Bertz CT molecular complexity index is 594. The maximum Gasteiger partial charge on any atom is 0.355 e. The molecule has 0 bridgehead atoms. The molecular formula is C10H9ClF2N2O2S. The van der Waals surface area contributed by atoms with Crippen LogP contribution in [0.4, 0.5) is 14.5 Å². The van der Waals surface area contributed by atoms with Gasteiger partial charge in [0, 0.05) is 5.02 Å². The molecule has 18 heavy (non-hydrogen) atoms. The van der Waals surface area contributed by atoms with E-state index < -0.39 is 15.8 Å². The van der Waals surface area contributed by atoms with E-state index in [-0.39, 0.29) is 17.8 Å². The molecule has 0 saturated carbocycles. The lowest BCUT2D eigenvalue weighted by Gasteiger charge is -2.09. The molecule has 0 spiro atoms. The fourth-order valence-corrected chi connectivity index (χ4v) is 1.80. The first-order valence-electron chi connectivity index (χ1n) is 4.65. The largest absolute Gasteiger partial charge is 0.355 e. The number of hydrogen-bond donors (Lipinski definition) is 2. The molecule has 0 aliphatic heterocycles. The highest BCUT2D eigenvalue weighted by molar-refractivity contribution is 7.93. The first kappa shape index (κ1) is 14.7. The number of anilines is 1. The summed E-state index contributed by atoms with van der Waals surface area (Å²) in [6.45, 7) is 0.0492. The van der Waals surface area contributed by atoms with Gasteiger partial charge in [0.05, 0.1) is 17.8 Å². The summed E-state index contributed by atoms with van der Waals surface area (Å²) in [5.41, 5.74) is 5.28. The molecule has 0 saturated heterocycles. The van der Waals surface area contributed by atoms with E-state index in [1.165, 1.54) is 18.2 Å². The molecule has 1 aromatic carbocycles. The first-order valence-corrected chi connectivity index (χ1v) is 6.57. The van der Waals surface area contributed by atoms with Gasteiger partial charge < -0.3 is 5.73 Å². The second-order valence-electron chi connectivity index (χ2n) is 3.10. The fraction of sp³-hybridized carbons (Fsp3) is 0.200. The molecule has 1 aromatic rings. The molecule has 0 heterocycles. The first-order chi connectivity index (χ1) is 8.36. The molecule has 0 atom stereocenters. The Morgan fingerprint density at radius 2 is 2.11 bits per heavy atom. The number of alkyl halides is 2.